The molecule has 2 atom stereocenters. The zero-order valence-electron chi connectivity index (χ0n) is 13.7. The van der Waals surface area contributed by atoms with Crippen LogP contribution in [0.4, 0.5) is 0 Å². The molecule has 1 aromatic rings. The van der Waals surface area contributed by atoms with Crippen molar-refractivity contribution in [3.05, 3.63) is 35.4 Å². The van der Waals surface area contributed by atoms with Crippen LogP contribution in [0.3, 0.4) is 0 Å². The standard InChI is InChI=1S/C19H31NO/c1-3-5-6-9-15-21-18-13-12-16-10-7-8-11-17(16)19(18)20-14-4-2/h7-8,10-11,18-20H,3-6,9,12-15H2,1-2H3. The van der Waals surface area contributed by atoms with Crippen LogP contribution in [0, 0.1) is 0 Å². The van der Waals surface area contributed by atoms with E-state index in [0.717, 1.165) is 26.0 Å². The third kappa shape index (κ3) is 4.82. The largest absolute Gasteiger partial charge is 0.376 e. The fourth-order valence-electron chi connectivity index (χ4n) is 3.21. The molecule has 1 aromatic carbocycles. The van der Waals surface area contributed by atoms with Crippen LogP contribution >= 0.6 is 0 Å². The third-order valence-corrected chi connectivity index (χ3v) is 4.40. The van der Waals surface area contributed by atoms with Gasteiger partial charge in [-0.1, -0.05) is 57.4 Å². The molecule has 0 aromatic heterocycles. The summed E-state index contributed by atoms with van der Waals surface area (Å²) in [6.45, 7) is 6.46. The molecule has 1 N–H and O–H groups in total. The number of ether oxygens (including phenoxy) is 1. The monoisotopic (exact) mass is 289 g/mol. The summed E-state index contributed by atoms with van der Waals surface area (Å²) in [7, 11) is 0. The van der Waals surface area contributed by atoms with Crippen molar-refractivity contribution in [3.63, 3.8) is 0 Å². The first-order valence-corrected chi connectivity index (χ1v) is 8.79. The van der Waals surface area contributed by atoms with E-state index in [1.54, 1.807) is 0 Å². The maximum Gasteiger partial charge on any atom is 0.0773 e. The predicted octanol–water partition coefficient (Wildman–Crippen LogP) is 4.64. The Morgan fingerprint density at radius 3 is 2.76 bits per heavy atom. The molecule has 0 amide bonds. The number of unbranched alkanes of at least 4 members (excludes halogenated alkanes) is 3. The van der Waals surface area contributed by atoms with E-state index in [-0.39, 0.29) is 0 Å². The van der Waals surface area contributed by atoms with Gasteiger partial charge in [-0.05, 0) is 43.4 Å². The highest BCUT2D eigenvalue weighted by atomic mass is 16.5. The van der Waals surface area contributed by atoms with Gasteiger partial charge in [0.15, 0.2) is 0 Å². The highest BCUT2D eigenvalue weighted by Crippen LogP contribution is 2.32. The minimum Gasteiger partial charge on any atom is -0.376 e. The Hall–Kier alpha value is -0.860. The SMILES string of the molecule is CCCCCCOC1CCc2ccccc2C1NCCC. The number of nitrogens with one attached hydrogen (secondary N) is 1. The van der Waals surface area contributed by atoms with Gasteiger partial charge in [-0.3, -0.25) is 0 Å². The summed E-state index contributed by atoms with van der Waals surface area (Å²) in [5, 5.41) is 3.70. The maximum atomic E-state index is 6.23. The molecule has 0 saturated heterocycles. The summed E-state index contributed by atoms with van der Waals surface area (Å²) in [6, 6.07) is 9.23. The van der Waals surface area contributed by atoms with Gasteiger partial charge in [0.05, 0.1) is 12.1 Å². The molecule has 0 fully saturated rings. The Morgan fingerprint density at radius 2 is 1.95 bits per heavy atom. The Kier molecular flexibility index (Phi) is 7.25. The lowest BCUT2D eigenvalue weighted by atomic mass is 9.85. The molecule has 2 nitrogen and oxygen atoms in total. The van der Waals surface area contributed by atoms with Gasteiger partial charge in [-0.2, -0.15) is 0 Å². The summed E-state index contributed by atoms with van der Waals surface area (Å²) in [5.41, 5.74) is 2.95. The van der Waals surface area contributed by atoms with Crippen molar-refractivity contribution in [3.8, 4) is 0 Å². The topological polar surface area (TPSA) is 21.3 Å². The first-order chi connectivity index (χ1) is 10.4. The van der Waals surface area contributed by atoms with Crippen molar-refractivity contribution in [1.82, 2.24) is 5.32 Å². The lowest BCUT2D eigenvalue weighted by Gasteiger charge is -2.34. The molecule has 0 radical (unpaired) electrons. The van der Waals surface area contributed by atoms with E-state index in [1.165, 1.54) is 43.2 Å². The summed E-state index contributed by atoms with van der Waals surface area (Å²) in [4.78, 5) is 0. The number of rotatable bonds is 9. The van der Waals surface area contributed by atoms with Crippen molar-refractivity contribution in [1.29, 1.82) is 0 Å². The molecule has 1 aliphatic rings. The van der Waals surface area contributed by atoms with E-state index < -0.39 is 0 Å². The molecule has 2 heteroatoms. The molecule has 0 bridgehead atoms. The first kappa shape index (κ1) is 16.5. The molecule has 0 aliphatic heterocycles. The molecule has 21 heavy (non-hydrogen) atoms. The number of benzene rings is 1. The van der Waals surface area contributed by atoms with Crippen LogP contribution in [-0.2, 0) is 11.2 Å². The van der Waals surface area contributed by atoms with Crippen LogP contribution < -0.4 is 5.32 Å². The highest BCUT2D eigenvalue weighted by molar-refractivity contribution is 5.33. The summed E-state index contributed by atoms with van der Waals surface area (Å²) >= 11 is 0. The molecule has 118 valence electrons. The fraction of sp³-hybridized carbons (Fsp3) is 0.684. The molecule has 0 heterocycles. The zero-order chi connectivity index (χ0) is 14.9. The summed E-state index contributed by atoms with van der Waals surface area (Å²) in [5.74, 6) is 0. The van der Waals surface area contributed by atoms with Crippen molar-refractivity contribution in [2.24, 2.45) is 0 Å². The number of hydrogen-bond donors (Lipinski definition) is 1. The van der Waals surface area contributed by atoms with E-state index in [4.69, 9.17) is 4.74 Å². The molecular weight excluding hydrogens is 258 g/mol. The van der Waals surface area contributed by atoms with Crippen molar-refractivity contribution in [2.45, 2.75) is 70.9 Å². The predicted molar refractivity (Wildman–Crippen MR) is 89.7 cm³/mol. The Morgan fingerprint density at radius 1 is 1.10 bits per heavy atom. The second-order valence-corrected chi connectivity index (χ2v) is 6.14. The van der Waals surface area contributed by atoms with E-state index in [2.05, 4.69) is 43.4 Å². The molecule has 2 unspecified atom stereocenters. The second kappa shape index (κ2) is 9.22. The normalized spacial score (nSPS) is 21.2. The second-order valence-electron chi connectivity index (χ2n) is 6.14. The maximum absolute atomic E-state index is 6.23. The van der Waals surface area contributed by atoms with Crippen LogP contribution in [0.2, 0.25) is 0 Å². The van der Waals surface area contributed by atoms with E-state index in [0.29, 0.717) is 12.1 Å². The quantitative estimate of drug-likeness (QED) is 0.669. The minimum absolute atomic E-state index is 0.341. The number of aryl methyl sites for hydroxylation is 1. The number of hydrogen-bond acceptors (Lipinski definition) is 2. The van der Waals surface area contributed by atoms with Gasteiger partial charge in [0.1, 0.15) is 0 Å². The van der Waals surface area contributed by atoms with E-state index in [9.17, 15) is 0 Å². The molecule has 0 spiro atoms. The molecule has 2 rings (SSSR count). The molecule has 1 aliphatic carbocycles. The zero-order valence-corrected chi connectivity index (χ0v) is 13.7. The fourth-order valence-corrected chi connectivity index (χ4v) is 3.21. The lowest BCUT2D eigenvalue weighted by Crippen LogP contribution is -2.38. The van der Waals surface area contributed by atoms with Gasteiger partial charge in [0, 0.05) is 6.61 Å². The van der Waals surface area contributed by atoms with Gasteiger partial charge in [0.25, 0.3) is 0 Å². The number of fused-ring (bicyclic) bond motifs is 1. The first-order valence-electron chi connectivity index (χ1n) is 8.79. The average molecular weight is 289 g/mol. The van der Waals surface area contributed by atoms with Crippen molar-refractivity contribution >= 4 is 0 Å². The molecule has 0 saturated carbocycles. The van der Waals surface area contributed by atoms with Gasteiger partial charge in [0.2, 0.25) is 0 Å². The average Bonchev–Trinajstić information content (AvgIpc) is 2.53. The minimum atomic E-state index is 0.341. The summed E-state index contributed by atoms with van der Waals surface area (Å²) in [6.07, 6.45) is 8.92. The van der Waals surface area contributed by atoms with Crippen molar-refractivity contribution < 1.29 is 4.74 Å². The highest BCUT2D eigenvalue weighted by Gasteiger charge is 2.29. The van der Waals surface area contributed by atoms with Crippen LogP contribution in [0.15, 0.2) is 24.3 Å². The third-order valence-electron chi connectivity index (χ3n) is 4.40. The van der Waals surface area contributed by atoms with Gasteiger partial charge >= 0.3 is 0 Å². The van der Waals surface area contributed by atoms with Crippen LogP contribution in [-0.4, -0.2) is 19.3 Å². The summed E-state index contributed by atoms with van der Waals surface area (Å²) < 4.78 is 6.23. The molecular formula is C19H31NO. The van der Waals surface area contributed by atoms with Gasteiger partial charge in [-0.25, -0.2) is 0 Å². The Bertz CT molecular complexity index is 404. The lowest BCUT2D eigenvalue weighted by molar-refractivity contribution is 0.0136. The van der Waals surface area contributed by atoms with Gasteiger partial charge in [-0.15, -0.1) is 0 Å². The van der Waals surface area contributed by atoms with Crippen LogP contribution in [0.1, 0.15) is 69.5 Å². The van der Waals surface area contributed by atoms with E-state index >= 15 is 0 Å². The Labute approximate surface area is 130 Å². The smallest absolute Gasteiger partial charge is 0.0773 e. The van der Waals surface area contributed by atoms with Crippen LogP contribution in [0.25, 0.3) is 0 Å². The van der Waals surface area contributed by atoms with Crippen LogP contribution in [0.5, 0.6) is 0 Å². The van der Waals surface area contributed by atoms with E-state index in [1.807, 2.05) is 0 Å². The van der Waals surface area contributed by atoms with Crippen molar-refractivity contribution in [2.75, 3.05) is 13.2 Å². The Balaban J connectivity index is 1.93. The van der Waals surface area contributed by atoms with Gasteiger partial charge < -0.3 is 10.1 Å².